The van der Waals surface area contributed by atoms with E-state index >= 15 is 0 Å². The van der Waals surface area contributed by atoms with Crippen molar-refractivity contribution in [3.8, 4) is 17.2 Å². The lowest BCUT2D eigenvalue weighted by molar-refractivity contribution is -0.862. The van der Waals surface area contributed by atoms with Crippen LogP contribution in [0.1, 0.15) is 5.56 Å². The molecule has 8 nitrogen and oxygen atoms in total. The van der Waals surface area contributed by atoms with Crippen molar-refractivity contribution in [1.82, 2.24) is 5.32 Å². The summed E-state index contributed by atoms with van der Waals surface area (Å²) < 4.78 is 15.8. The van der Waals surface area contributed by atoms with Gasteiger partial charge in [0.2, 0.25) is 6.79 Å². The third-order valence-electron chi connectivity index (χ3n) is 4.29. The number of carbonyl (C=O) groups excluding carboxylic acids is 2. The molecule has 3 rings (SSSR count). The van der Waals surface area contributed by atoms with E-state index in [-0.39, 0.29) is 31.7 Å². The van der Waals surface area contributed by atoms with Crippen LogP contribution in [0.5, 0.6) is 17.2 Å². The Labute approximate surface area is 173 Å². The number of halogens is 1. The number of carbonyl (C=O) groups is 2. The highest BCUT2D eigenvalue weighted by atomic mass is 35.5. The fourth-order valence-electron chi connectivity index (χ4n) is 2.90. The molecular weight excluding hydrogens is 398 g/mol. The summed E-state index contributed by atoms with van der Waals surface area (Å²) in [6, 6.07) is 10.5. The molecule has 9 heteroatoms. The topological polar surface area (TPSA) is 90.3 Å². The lowest BCUT2D eigenvalue weighted by atomic mass is 10.2. The van der Waals surface area contributed by atoms with Crippen LogP contribution in [0.2, 0.25) is 5.02 Å². The molecule has 0 radical (unpaired) electrons. The first-order valence-electron chi connectivity index (χ1n) is 9.04. The third kappa shape index (κ3) is 5.75. The highest BCUT2D eigenvalue weighted by Gasteiger charge is 2.17. The Kier molecular flexibility index (Phi) is 6.79. The van der Waals surface area contributed by atoms with E-state index < -0.39 is 0 Å². The van der Waals surface area contributed by atoms with Crippen molar-refractivity contribution in [2.45, 2.75) is 6.54 Å². The molecule has 0 fully saturated rings. The molecule has 2 amide bonds. The van der Waals surface area contributed by atoms with Crippen LogP contribution in [0.25, 0.3) is 0 Å². The molecule has 0 spiro atoms. The Morgan fingerprint density at radius 1 is 1.10 bits per heavy atom. The van der Waals surface area contributed by atoms with Gasteiger partial charge in [0.15, 0.2) is 24.6 Å². The first-order chi connectivity index (χ1) is 13.9. The van der Waals surface area contributed by atoms with Crippen molar-refractivity contribution < 1.29 is 28.7 Å². The van der Waals surface area contributed by atoms with E-state index in [1.165, 1.54) is 7.11 Å². The van der Waals surface area contributed by atoms with E-state index in [2.05, 4.69) is 10.6 Å². The smallest absolute Gasteiger partial charge is 0.279 e. The maximum absolute atomic E-state index is 12.3. The largest absolute Gasteiger partial charge is 0.495 e. The highest BCUT2D eigenvalue weighted by Crippen LogP contribution is 2.32. The number of anilines is 1. The summed E-state index contributed by atoms with van der Waals surface area (Å²) in [6.45, 7) is 0.856. The summed E-state index contributed by atoms with van der Waals surface area (Å²) in [6.07, 6.45) is 0. The van der Waals surface area contributed by atoms with E-state index in [0.717, 1.165) is 10.5 Å². The van der Waals surface area contributed by atoms with Gasteiger partial charge in [-0.15, -0.1) is 0 Å². The molecule has 0 saturated heterocycles. The van der Waals surface area contributed by atoms with Crippen molar-refractivity contribution in [3.05, 3.63) is 47.0 Å². The minimum absolute atomic E-state index is 0.118. The number of hydrogen-bond acceptors (Lipinski definition) is 5. The second kappa shape index (κ2) is 9.49. The zero-order valence-electron chi connectivity index (χ0n) is 16.2. The number of methoxy groups -OCH3 is 1. The molecule has 0 saturated carbocycles. The van der Waals surface area contributed by atoms with Gasteiger partial charge >= 0.3 is 0 Å². The summed E-state index contributed by atoms with van der Waals surface area (Å²) in [5.74, 6) is 1.49. The molecule has 1 atom stereocenters. The van der Waals surface area contributed by atoms with Crippen LogP contribution in [0.4, 0.5) is 5.69 Å². The molecule has 1 heterocycles. The lowest BCUT2D eigenvalue weighted by Gasteiger charge is -2.15. The second-order valence-electron chi connectivity index (χ2n) is 6.67. The number of likely N-dealkylation sites (N-methyl/N-ethyl adjacent to an activating group) is 1. The van der Waals surface area contributed by atoms with E-state index in [4.69, 9.17) is 25.8 Å². The summed E-state index contributed by atoms with van der Waals surface area (Å²) in [5.41, 5.74) is 1.40. The van der Waals surface area contributed by atoms with E-state index in [0.29, 0.717) is 34.5 Å². The lowest BCUT2D eigenvalue weighted by Crippen LogP contribution is -3.11. The number of nitrogens with one attached hydrogen (secondary N) is 3. The molecule has 154 valence electrons. The van der Waals surface area contributed by atoms with Gasteiger partial charge in [-0.05, 0) is 35.9 Å². The normalized spacial score (nSPS) is 12.9. The van der Waals surface area contributed by atoms with Crippen LogP contribution in [-0.2, 0) is 16.1 Å². The predicted octanol–water partition coefficient (Wildman–Crippen LogP) is 0.847. The van der Waals surface area contributed by atoms with Crippen molar-refractivity contribution in [1.29, 1.82) is 0 Å². The van der Waals surface area contributed by atoms with Gasteiger partial charge in [-0.3, -0.25) is 9.59 Å². The van der Waals surface area contributed by atoms with Gasteiger partial charge < -0.3 is 29.7 Å². The SMILES string of the molecule is COc1ccc(Cl)cc1NC(=O)C[NH+](C)CC(=O)NCc1ccc2c(c1)OCO2. The standard InChI is InChI=1S/C20H22ClN3O5/c1-24(11-20(26)23-15-8-14(21)4-6-16(15)27-2)10-19(25)22-9-13-3-5-17-18(7-13)29-12-28-17/h3-8H,9-12H2,1-2H3,(H,22,25)(H,23,26)/p+1. The van der Waals surface area contributed by atoms with Gasteiger partial charge in [0.25, 0.3) is 11.8 Å². The van der Waals surface area contributed by atoms with E-state index in [1.54, 1.807) is 25.2 Å². The first-order valence-corrected chi connectivity index (χ1v) is 9.42. The summed E-state index contributed by atoms with van der Waals surface area (Å²) in [7, 11) is 3.29. The van der Waals surface area contributed by atoms with Gasteiger partial charge in [0.05, 0.1) is 19.8 Å². The Balaban J connectivity index is 1.45. The Morgan fingerprint density at radius 2 is 1.86 bits per heavy atom. The number of rotatable bonds is 8. The van der Waals surface area contributed by atoms with Gasteiger partial charge in [0, 0.05) is 11.6 Å². The minimum atomic E-state index is -0.244. The molecule has 1 aliphatic heterocycles. The van der Waals surface area contributed by atoms with Crippen LogP contribution in [0, 0.1) is 0 Å². The molecule has 0 bridgehead atoms. The van der Waals surface area contributed by atoms with Crippen molar-refractivity contribution in [2.75, 3.05) is 39.4 Å². The molecule has 2 aromatic carbocycles. The molecule has 29 heavy (non-hydrogen) atoms. The van der Waals surface area contributed by atoms with Crippen LogP contribution < -0.4 is 29.7 Å². The maximum atomic E-state index is 12.3. The molecule has 1 aliphatic rings. The van der Waals surface area contributed by atoms with E-state index in [1.807, 2.05) is 18.2 Å². The average molecular weight is 421 g/mol. The third-order valence-corrected chi connectivity index (χ3v) is 4.52. The van der Waals surface area contributed by atoms with Crippen LogP contribution in [0.3, 0.4) is 0 Å². The van der Waals surface area contributed by atoms with Gasteiger partial charge in [-0.1, -0.05) is 17.7 Å². The monoisotopic (exact) mass is 420 g/mol. The quantitative estimate of drug-likeness (QED) is 0.589. The second-order valence-corrected chi connectivity index (χ2v) is 7.10. The van der Waals surface area contributed by atoms with Crippen molar-refractivity contribution >= 4 is 29.1 Å². The minimum Gasteiger partial charge on any atom is -0.495 e. The number of amides is 2. The van der Waals surface area contributed by atoms with E-state index in [9.17, 15) is 9.59 Å². The number of ether oxygens (including phenoxy) is 3. The molecule has 0 aliphatic carbocycles. The Morgan fingerprint density at radius 3 is 2.66 bits per heavy atom. The molecule has 3 N–H and O–H groups in total. The molecule has 2 aromatic rings. The number of quaternary nitrogens is 1. The molecule has 0 aromatic heterocycles. The zero-order valence-corrected chi connectivity index (χ0v) is 17.0. The Bertz CT molecular complexity index is 906. The molecular formula is C20H23ClN3O5+. The van der Waals surface area contributed by atoms with Gasteiger partial charge in [-0.2, -0.15) is 0 Å². The predicted molar refractivity (Wildman–Crippen MR) is 108 cm³/mol. The number of benzene rings is 2. The highest BCUT2D eigenvalue weighted by molar-refractivity contribution is 6.31. The Hall–Kier alpha value is -2.97. The fraction of sp³-hybridized carbons (Fsp3) is 0.300. The number of fused-ring (bicyclic) bond motifs is 1. The first kappa shape index (κ1) is 20.8. The van der Waals surface area contributed by atoms with Gasteiger partial charge in [0.1, 0.15) is 5.75 Å². The fourth-order valence-corrected chi connectivity index (χ4v) is 3.07. The van der Waals surface area contributed by atoms with Crippen molar-refractivity contribution in [2.24, 2.45) is 0 Å². The van der Waals surface area contributed by atoms with Crippen molar-refractivity contribution in [3.63, 3.8) is 0 Å². The summed E-state index contributed by atoms with van der Waals surface area (Å²) in [5, 5.41) is 6.10. The van der Waals surface area contributed by atoms with Gasteiger partial charge in [-0.25, -0.2) is 0 Å². The average Bonchev–Trinajstić information content (AvgIpc) is 3.14. The van der Waals surface area contributed by atoms with Crippen LogP contribution in [-0.4, -0.2) is 45.9 Å². The summed E-state index contributed by atoms with van der Waals surface area (Å²) >= 11 is 5.97. The number of hydrogen-bond donors (Lipinski definition) is 3. The zero-order chi connectivity index (χ0) is 20.8. The summed E-state index contributed by atoms with van der Waals surface area (Å²) in [4.78, 5) is 25.2. The maximum Gasteiger partial charge on any atom is 0.279 e. The van der Waals surface area contributed by atoms with Crippen LogP contribution in [0.15, 0.2) is 36.4 Å². The van der Waals surface area contributed by atoms with Crippen LogP contribution >= 0.6 is 11.6 Å². The molecule has 1 unspecified atom stereocenters.